The van der Waals surface area contributed by atoms with Gasteiger partial charge in [-0.05, 0) is 42.4 Å². The minimum absolute atomic E-state index is 0.0112. The molecule has 2 fully saturated rings. The number of fused-ring (bicyclic) bond motifs is 1. The second-order valence-corrected chi connectivity index (χ2v) is 16.3. The second-order valence-electron chi connectivity index (χ2n) is 14.2. The molecule has 2 aromatic carbocycles. The molecule has 2 saturated heterocycles. The molecule has 4 aromatic heterocycles. The Hall–Kier alpha value is -5.49. The fourth-order valence-corrected chi connectivity index (χ4v) is 7.40. The number of rotatable bonds is 10. The van der Waals surface area contributed by atoms with Gasteiger partial charge in [-0.1, -0.05) is 100 Å². The van der Waals surface area contributed by atoms with Crippen molar-refractivity contribution in [2.75, 3.05) is 46.4 Å². The molecule has 6 heterocycles. The van der Waals surface area contributed by atoms with Crippen LogP contribution >= 0.6 is 11.3 Å². The van der Waals surface area contributed by atoms with Crippen molar-refractivity contribution in [2.45, 2.75) is 73.1 Å². The van der Waals surface area contributed by atoms with E-state index < -0.39 is 11.3 Å². The number of amides is 3. The molecule has 0 spiro atoms. The summed E-state index contributed by atoms with van der Waals surface area (Å²) < 4.78 is 19.8. The van der Waals surface area contributed by atoms with Crippen molar-refractivity contribution >= 4 is 45.3 Å². The van der Waals surface area contributed by atoms with Crippen LogP contribution in [0.25, 0.3) is 49.2 Å². The van der Waals surface area contributed by atoms with Gasteiger partial charge in [0, 0.05) is 51.1 Å². The molecule has 17 heteroatoms. The first-order chi connectivity index (χ1) is 29.6. The number of benzene rings is 2. The average Bonchev–Trinajstić information content (AvgIpc) is 4.13. The van der Waals surface area contributed by atoms with Crippen molar-refractivity contribution in [1.82, 2.24) is 49.2 Å². The standard InChI is InChI=1S/C23H16N6S.C8H14N2O2.C7H14N2O3S.2C3H8/c1-3-17(4-2-15(1)19-9-24-13-26-19)21-11-29-12-22(30-23(29)28-21)18-7-5-16(6-8-18)20-10-25-14-27-20;1-7(11)9-6-8(12)10-4-2-3-5-10;1-12-13(11)8-6-7(10)9-4-2-3-5-9;2*1-3-2/h1-14H,(H,24,26)(H,25,27);2-6H2,1H3,(H,9,11);8H,2-6H2,1H3;2*3H2,1-2H3. The summed E-state index contributed by atoms with van der Waals surface area (Å²) >= 11 is 0.144. The molecule has 0 aliphatic carbocycles. The Morgan fingerprint density at radius 2 is 1.18 bits per heavy atom. The van der Waals surface area contributed by atoms with Crippen LogP contribution in [-0.4, -0.2) is 107 Å². The molecule has 0 radical (unpaired) electrons. The number of aromatic nitrogens is 6. The Labute approximate surface area is 365 Å². The highest BCUT2D eigenvalue weighted by Crippen LogP contribution is 2.32. The van der Waals surface area contributed by atoms with E-state index in [0.717, 1.165) is 90.6 Å². The zero-order chi connectivity index (χ0) is 44.0. The summed E-state index contributed by atoms with van der Waals surface area (Å²) in [6.07, 6.45) is 18.1. The highest BCUT2D eigenvalue weighted by molar-refractivity contribution is 7.78. The van der Waals surface area contributed by atoms with Gasteiger partial charge in [-0.3, -0.25) is 23.0 Å². The van der Waals surface area contributed by atoms with Crippen LogP contribution in [0.15, 0.2) is 86.0 Å². The van der Waals surface area contributed by atoms with Crippen molar-refractivity contribution in [3.8, 4) is 44.2 Å². The highest BCUT2D eigenvalue weighted by atomic mass is 32.2. The van der Waals surface area contributed by atoms with Crippen LogP contribution < -0.4 is 10.0 Å². The van der Waals surface area contributed by atoms with E-state index in [1.54, 1.807) is 33.8 Å². The zero-order valence-corrected chi connectivity index (χ0v) is 37.7. The smallest absolute Gasteiger partial charge is 0.241 e. The minimum atomic E-state index is -1.55. The first kappa shape index (κ1) is 48.2. The molecule has 1 atom stereocenters. The summed E-state index contributed by atoms with van der Waals surface area (Å²) in [5, 5.41) is 2.49. The first-order valence-corrected chi connectivity index (χ1v) is 22.7. The summed E-state index contributed by atoms with van der Waals surface area (Å²) in [7, 11) is 1.32. The molecule has 328 valence electrons. The van der Waals surface area contributed by atoms with Crippen LogP contribution in [0.3, 0.4) is 0 Å². The maximum Gasteiger partial charge on any atom is 0.241 e. The molecule has 15 nitrogen and oxygen atoms in total. The topological polar surface area (TPSA) is 183 Å². The van der Waals surface area contributed by atoms with Gasteiger partial charge in [0.15, 0.2) is 4.96 Å². The van der Waals surface area contributed by atoms with E-state index in [2.05, 4.69) is 127 Å². The molecular formula is C44H60N10O5S2. The monoisotopic (exact) mass is 872 g/mol. The van der Waals surface area contributed by atoms with E-state index in [1.807, 2.05) is 12.4 Å². The maximum absolute atomic E-state index is 11.3. The SMILES string of the molecule is CC(=O)NCC(=O)N1CCCC1.CCC.CCC.COS(=O)NCC(=O)N1CCCC1.c1ncc(-c2ccc(-c3cn4cc(-c5ccc(-c6cnc[nH]6)cc5)sc4n3)cc2)[nH]1. The van der Waals surface area contributed by atoms with Crippen molar-refractivity contribution < 1.29 is 22.8 Å². The van der Waals surface area contributed by atoms with E-state index in [-0.39, 0.29) is 30.8 Å². The number of imidazole rings is 3. The third-order valence-electron chi connectivity index (χ3n) is 9.02. The quantitative estimate of drug-likeness (QED) is 0.109. The number of nitrogens with zero attached hydrogens (tertiary/aromatic N) is 6. The summed E-state index contributed by atoms with van der Waals surface area (Å²) in [5.74, 6) is -0.131. The van der Waals surface area contributed by atoms with Gasteiger partial charge in [0.2, 0.25) is 29.0 Å². The minimum Gasteiger partial charge on any atom is -0.347 e. The van der Waals surface area contributed by atoms with Crippen molar-refractivity contribution in [2.24, 2.45) is 0 Å². The van der Waals surface area contributed by atoms with Gasteiger partial charge in [-0.15, -0.1) is 0 Å². The van der Waals surface area contributed by atoms with Crippen LogP contribution in [0.4, 0.5) is 0 Å². The lowest BCUT2D eigenvalue weighted by molar-refractivity contribution is -0.131. The number of thiazole rings is 1. The lowest BCUT2D eigenvalue weighted by atomic mass is 10.1. The van der Waals surface area contributed by atoms with Crippen molar-refractivity contribution in [3.05, 3.63) is 86.0 Å². The van der Waals surface area contributed by atoms with Crippen LogP contribution in [0.1, 0.15) is 73.1 Å². The summed E-state index contributed by atoms with van der Waals surface area (Å²) in [6, 6.07) is 16.9. The third kappa shape index (κ3) is 15.5. The predicted molar refractivity (Wildman–Crippen MR) is 245 cm³/mol. The van der Waals surface area contributed by atoms with Crippen LogP contribution in [0.5, 0.6) is 0 Å². The van der Waals surface area contributed by atoms with E-state index >= 15 is 0 Å². The summed E-state index contributed by atoms with van der Waals surface area (Å²) in [4.78, 5) is 58.1. The Balaban J connectivity index is 0.000000219. The number of carbonyl (C=O) groups excluding carboxylic acids is 3. The fraction of sp³-hybridized carbons (Fsp3) is 0.409. The summed E-state index contributed by atoms with van der Waals surface area (Å²) in [6.45, 7) is 13.5. The molecule has 2 aliphatic rings. The molecule has 0 saturated carbocycles. The largest absolute Gasteiger partial charge is 0.347 e. The van der Waals surface area contributed by atoms with Crippen LogP contribution in [0, 0.1) is 0 Å². The number of hydrogen-bond acceptors (Lipinski definition) is 9. The van der Waals surface area contributed by atoms with E-state index in [9.17, 15) is 18.6 Å². The summed E-state index contributed by atoms with van der Waals surface area (Å²) in [5.41, 5.74) is 7.51. The Morgan fingerprint density at radius 3 is 1.61 bits per heavy atom. The Morgan fingerprint density at radius 1 is 0.721 bits per heavy atom. The lowest BCUT2D eigenvalue weighted by Gasteiger charge is -2.14. The van der Waals surface area contributed by atoms with Gasteiger partial charge in [-0.2, -0.15) is 0 Å². The number of carbonyl (C=O) groups is 3. The normalized spacial score (nSPS) is 13.4. The van der Waals surface area contributed by atoms with Gasteiger partial charge >= 0.3 is 0 Å². The Bertz CT molecular complexity index is 2050. The van der Waals surface area contributed by atoms with Crippen molar-refractivity contribution in [3.63, 3.8) is 0 Å². The lowest BCUT2D eigenvalue weighted by Crippen LogP contribution is -2.37. The molecule has 4 N–H and O–H groups in total. The molecule has 1 unspecified atom stereocenters. The number of hydrogen-bond donors (Lipinski definition) is 4. The predicted octanol–water partition coefficient (Wildman–Crippen LogP) is 7.51. The van der Waals surface area contributed by atoms with E-state index in [1.165, 1.54) is 37.3 Å². The van der Waals surface area contributed by atoms with Crippen molar-refractivity contribution in [1.29, 1.82) is 0 Å². The zero-order valence-electron chi connectivity index (χ0n) is 36.1. The van der Waals surface area contributed by atoms with Gasteiger partial charge < -0.3 is 25.1 Å². The molecule has 8 rings (SSSR count). The molecule has 3 amide bonds. The number of nitrogens with one attached hydrogen (secondary N) is 4. The highest BCUT2D eigenvalue weighted by Gasteiger charge is 2.18. The van der Waals surface area contributed by atoms with Gasteiger partial charge in [0.05, 0.1) is 67.2 Å². The average molecular weight is 873 g/mol. The third-order valence-corrected chi connectivity index (χ3v) is 10.8. The second kappa shape index (κ2) is 26.0. The number of aromatic amines is 2. The van der Waals surface area contributed by atoms with E-state index in [0.29, 0.717) is 0 Å². The van der Waals surface area contributed by atoms with Gasteiger partial charge in [-0.25, -0.2) is 23.9 Å². The molecule has 61 heavy (non-hydrogen) atoms. The fourth-order valence-electron chi connectivity index (χ4n) is 6.07. The number of H-pyrrole nitrogens is 2. The molecule has 2 aliphatic heterocycles. The van der Waals surface area contributed by atoms with Gasteiger partial charge in [0.1, 0.15) is 0 Å². The van der Waals surface area contributed by atoms with Crippen LogP contribution in [-0.2, 0) is 29.8 Å². The van der Waals surface area contributed by atoms with E-state index in [4.69, 9.17) is 4.98 Å². The molecule has 0 bridgehead atoms. The molecular weight excluding hydrogens is 813 g/mol. The Kier molecular flexibility index (Phi) is 20.5. The van der Waals surface area contributed by atoms with Gasteiger partial charge in [0.25, 0.3) is 0 Å². The molecule has 6 aromatic rings. The maximum atomic E-state index is 11.3. The first-order valence-electron chi connectivity index (χ1n) is 20.8. The number of likely N-dealkylation sites (tertiary alicyclic amines) is 2. The van der Waals surface area contributed by atoms with Crippen LogP contribution in [0.2, 0.25) is 0 Å².